The van der Waals surface area contributed by atoms with Crippen LogP contribution >= 0.6 is 0 Å². The van der Waals surface area contributed by atoms with Gasteiger partial charge in [0.25, 0.3) is 0 Å². The van der Waals surface area contributed by atoms with E-state index in [4.69, 9.17) is 18.9 Å². The molecule has 216 valence electrons. The fraction of sp³-hybridized carbons (Fsp3) is 0.441. The monoisotopic (exact) mass is 557 g/mol. The number of carboxylic acid groups (broad SMARTS) is 1. The lowest BCUT2D eigenvalue weighted by Crippen LogP contribution is -2.37. The third-order valence-corrected chi connectivity index (χ3v) is 8.55. The van der Waals surface area contributed by atoms with E-state index in [1.165, 1.54) is 33.4 Å². The highest BCUT2D eigenvalue weighted by Crippen LogP contribution is 2.44. The zero-order valence-corrected chi connectivity index (χ0v) is 24.0. The molecule has 41 heavy (non-hydrogen) atoms. The van der Waals surface area contributed by atoms with E-state index in [9.17, 15) is 9.90 Å². The zero-order chi connectivity index (χ0) is 28.3. The molecular formula is C34H39NO6. The van der Waals surface area contributed by atoms with Gasteiger partial charge in [0.15, 0.2) is 0 Å². The molecule has 2 unspecified atom stereocenters. The minimum atomic E-state index is -0.808. The molecular weight excluding hydrogens is 518 g/mol. The normalized spacial score (nSPS) is 19.9. The van der Waals surface area contributed by atoms with Gasteiger partial charge in [-0.15, -0.1) is 0 Å². The summed E-state index contributed by atoms with van der Waals surface area (Å²) in [6.45, 7) is 10.2. The van der Waals surface area contributed by atoms with Crippen LogP contribution in [0.4, 0.5) is 0 Å². The first-order valence-electron chi connectivity index (χ1n) is 14.8. The number of hydrogen-bond acceptors (Lipinski definition) is 6. The summed E-state index contributed by atoms with van der Waals surface area (Å²) in [5, 5.41) is 9.18. The van der Waals surface area contributed by atoms with Crippen molar-refractivity contribution in [3.05, 3.63) is 76.3 Å². The summed E-state index contributed by atoms with van der Waals surface area (Å²) < 4.78 is 23.9. The maximum atomic E-state index is 11.2. The van der Waals surface area contributed by atoms with Crippen molar-refractivity contribution >= 4 is 5.97 Å². The molecule has 7 nitrogen and oxygen atoms in total. The van der Waals surface area contributed by atoms with Gasteiger partial charge in [0.2, 0.25) is 0 Å². The molecule has 0 spiro atoms. The molecule has 2 heterocycles. The van der Waals surface area contributed by atoms with E-state index in [0.29, 0.717) is 13.2 Å². The van der Waals surface area contributed by atoms with Gasteiger partial charge in [-0.25, -0.2) is 0 Å². The molecule has 1 aliphatic carbocycles. The Balaban J connectivity index is 1.14. The molecule has 0 saturated carbocycles. The Hall–Kier alpha value is -3.55. The van der Waals surface area contributed by atoms with Crippen LogP contribution in [0.1, 0.15) is 59.1 Å². The molecule has 2 aliphatic heterocycles. The number of rotatable bonds is 10. The van der Waals surface area contributed by atoms with E-state index >= 15 is 0 Å². The molecule has 3 aromatic rings. The van der Waals surface area contributed by atoms with Crippen molar-refractivity contribution in [2.45, 2.75) is 51.6 Å². The number of aryl methyl sites for hydroxylation is 2. The number of carbonyl (C=O) groups is 1. The van der Waals surface area contributed by atoms with Crippen LogP contribution in [-0.2, 0) is 16.0 Å². The molecule has 0 aromatic heterocycles. The molecule has 0 radical (unpaired) electrons. The Bertz CT molecular complexity index is 1390. The number of ether oxygens (including phenoxy) is 4. The second-order valence-corrected chi connectivity index (χ2v) is 11.4. The first-order valence-corrected chi connectivity index (χ1v) is 14.8. The predicted molar refractivity (Wildman–Crippen MR) is 157 cm³/mol. The number of aliphatic carboxylic acids is 1. The van der Waals surface area contributed by atoms with Gasteiger partial charge in [0, 0.05) is 37.2 Å². The van der Waals surface area contributed by atoms with E-state index in [-0.39, 0.29) is 18.4 Å². The van der Waals surface area contributed by atoms with Crippen LogP contribution in [0, 0.1) is 13.8 Å². The van der Waals surface area contributed by atoms with Crippen molar-refractivity contribution in [2.24, 2.45) is 0 Å². The quantitative estimate of drug-likeness (QED) is 0.302. The Labute approximate surface area is 242 Å². The minimum Gasteiger partial charge on any atom is -0.494 e. The lowest BCUT2D eigenvalue weighted by atomic mass is 9.90. The van der Waals surface area contributed by atoms with Crippen LogP contribution in [0.5, 0.6) is 17.2 Å². The van der Waals surface area contributed by atoms with Crippen LogP contribution in [0.2, 0.25) is 0 Å². The lowest BCUT2D eigenvalue weighted by molar-refractivity contribution is -0.137. The summed E-state index contributed by atoms with van der Waals surface area (Å²) in [5.41, 5.74) is 8.52. The zero-order valence-electron chi connectivity index (χ0n) is 24.0. The van der Waals surface area contributed by atoms with Gasteiger partial charge in [-0.1, -0.05) is 24.3 Å². The predicted octanol–water partition coefficient (Wildman–Crippen LogP) is 6.09. The Morgan fingerprint density at radius 3 is 2.61 bits per heavy atom. The molecule has 1 N–H and O–H groups in total. The molecule has 7 heteroatoms. The molecule has 0 amide bonds. The second kappa shape index (κ2) is 12.1. The average Bonchev–Trinajstić information content (AvgIpc) is 3.55. The van der Waals surface area contributed by atoms with Crippen molar-refractivity contribution in [3.8, 4) is 28.4 Å². The number of carboxylic acids is 1. The third kappa shape index (κ3) is 6.07. The highest BCUT2D eigenvalue weighted by Gasteiger charge is 2.30. The molecule has 1 saturated heterocycles. The number of hydrogen-bond donors (Lipinski definition) is 1. The second-order valence-electron chi connectivity index (χ2n) is 11.4. The molecule has 0 bridgehead atoms. The van der Waals surface area contributed by atoms with Crippen molar-refractivity contribution in [1.82, 2.24) is 4.90 Å². The average molecular weight is 558 g/mol. The Morgan fingerprint density at radius 2 is 1.83 bits per heavy atom. The van der Waals surface area contributed by atoms with Gasteiger partial charge in [0.05, 0.1) is 32.8 Å². The van der Waals surface area contributed by atoms with E-state index in [0.717, 1.165) is 74.9 Å². The van der Waals surface area contributed by atoms with Gasteiger partial charge in [0.1, 0.15) is 23.4 Å². The Morgan fingerprint density at radius 1 is 1.02 bits per heavy atom. The van der Waals surface area contributed by atoms with E-state index < -0.39 is 5.97 Å². The van der Waals surface area contributed by atoms with Crippen LogP contribution < -0.4 is 14.2 Å². The van der Waals surface area contributed by atoms with Crippen LogP contribution in [-0.4, -0.2) is 62.0 Å². The van der Waals surface area contributed by atoms with Crippen molar-refractivity contribution in [1.29, 1.82) is 0 Å². The fourth-order valence-corrected chi connectivity index (χ4v) is 6.58. The summed E-state index contributed by atoms with van der Waals surface area (Å²) in [6.07, 6.45) is 2.92. The standard InChI is InChI=1S/C34H39NO6/c1-22-17-26(39-14-4-11-35-12-15-38-16-13-35)18-23(2)34(22)30-6-3-5-29-28(30)9-10-31(29)41-25-7-8-27-24(19-33(36)37)21-40-32(27)20-25/h3,5-8,17-18,20,24,31H,4,9-16,19,21H2,1-2H3,(H,36,37). The van der Waals surface area contributed by atoms with E-state index in [1.54, 1.807) is 0 Å². The molecule has 3 aliphatic rings. The molecule has 3 aromatic carbocycles. The van der Waals surface area contributed by atoms with Gasteiger partial charge in [-0.2, -0.15) is 0 Å². The van der Waals surface area contributed by atoms with E-state index in [1.807, 2.05) is 18.2 Å². The summed E-state index contributed by atoms with van der Waals surface area (Å²) in [7, 11) is 0. The maximum absolute atomic E-state index is 11.2. The van der Waals surface area contributed by atoms with Crippen LogP contribution in [0.25, 0.3) is 11.1 Å². The van der Waals surface area contributed by atoms with Gasteiger partial charge in [-0.3, -0.25) is 9.69 Å². The maximum Gasteiger partial charge on any atom is 0.304 e. The van der Waals surface area contributed by atoms with Gasteiger partial charge >= 0.3 is 5.97 Å². The van der Waals surface area contributed by atoms with Gasteiger partial charge < -0.3 is 24.1 Å². The molecule has 1 fully saturated rings. The van der Waals surface area contributed by atoms with E-state index in [2.05, 4.69) is 49.1 Å². The number of morpholine rings is 1. The number of fused-ring (bicyclic) bond motifs is 2. The molecule has 2 atom stereocenters. The summed E-state index contributed by atoms with van der Waals surface area (Å²) in [4.78, 5) is 13.6. The highest BCUT2D eigenvalue weighted by molar-refractivity contribution is 5.76. The topological polar surface area (TPSA) is 77.5 Å². The SMILES string of the molecule is Cc1cc(OCCCN2CCOCC2)cc(C)c1-c1cccc2c1CCC2Oc1ccc2c(c1)OCC2CC(=O)O. The first kappa shape index (κ1) is 27.6. The van der Waals surface area contributed by atoms with Crippen LogP contribution in [0.3, 0.4) is 0 Å². The largest absolute Gasteiger partial charge is 0.494 e. The number of nitrogens with zero attached hydrogens (tertiary/aromatic N) is 1. The fourth-order valence-electron chi connectivity index (χ4n) is 6.58. The van der Waals surface area contributed by atoms with Gasteiger partial charge in [-0.05, 0) is 84.7 Å². The van der Waals surface area contributed by atoms with Crippen molar-refractivity contribution in [2.75, 3.05) is 46.1 Å². The van der Waals surface area contributed by atoms with Crippen molar-refractivity contribution in [3.63, 3.8) is 0 Å². The van der Waals surface area contributed by atoms with Crippen molar-refractivity contribution < 1.29 is 28.8 Å². The molecule has 6 rings (SSSR count). The third-order valence-electron chi connectivity index (χ3n) is 8.55. The number of benzene rings is 3. The summed E-state index contributed by atoms with van der Waals surface area (Å²) >= 11 is 0. The smallest absolute Gasteiger partial charge is 0.304 e. The lowest BCUT2D eigenvalue weighted by Gasteiger charge is -2.26. The Kier molecular flexibility index (Phi) is 8.17. The summed E-state index contributed by atoms with van der Waals surface area (Å²) in [6, 6.07) is 16.7. The van der Waals surface area contributed by atoms with Crippen LogP contribution in [0.15, 0.2) is 48.5 Å². The highest BCUT2D eigenvalue weighted by atomic mass is 16.5. The first-order chi connectivity index (χ1) is 20.0. The summed E-state index contributed by atoms with van der Waals surface area (Å²) in [5.74, 6) is 1.51. The minimum absolute atomic E-state index is 0.0334.